The van der Waals surface area contributed by atoms with Gasteiger partial charge in [-0.05, 0) is 54.8 Å². The van der Waals surface area contributed by atoms with Gasteiger partial charge in [-0.25, -0.2) is 24.1 Å². The number of carbonyl (C=O) groups is 1. The number of carboxylic acids is 1. The molecule has 0 bridgehead atoms. The van der Waals surface area contributed by atoms with Gasteiger partial charge in [0.2, 0.25) is 5.95 Å². The van der Waals surface area contributed by atoms with Crippen molar-refractivity contribution in [2.75, 3.05) is 25.0 Å². The van der Waals surface area contributed by atoms with Gasteiger partial charge in [0.15, 0.2) is 0 Å². The Morgan fingerprint density at radius 2 is 2.08 bits per heavy atom. The maximum absolute atomic E-state index is 14.1. The summed E-state index contributed by atoms with van der Waals surface area (Å²) in [5.74, 6) is 0.00278. The maximum atomic E-state index is 14.1. The van der Waals surface area contributed by atoms with Crippen LogP contribution in [-0.2, 0) is 24.4 Å². The first kappa shape index (κ1) is 26.4. The van der Waals surface area contributed by atoms with Crippen molar-refractivity contribution in [3.63, 3.8) is 0 Å². The normalized spacial score (nSPS) is 17.4. The van der Waals surface area contributed by atoms with E-state index in [2.05, 4.69) is 30.8 Å². The molecule has 1 fully saturated rings. The molecule has 4 aromatic rings. The highest BCUT2D eigenvalue weighted by Gasteiger charge is 2.24. The predicted octanol–water partition coefficient (Wildman–Crippen LogP) is 5.01. The third-order valence-corrected chi connectivity index (χ3v) is 7.58. The molecule has 0 saturated carbocycles. The van der Waals surface area contributed by atoms with Crippen LogP contribution in [0, 0.1) is 5.82 Å². The molecule has 2 aliphatic heterocycles. The van der Waals surface area contributed by atoms with Crippen LogP contribution in [0.1, 0.15) is 40.3 Å². The Hall–Kier alpha value is -3.86. The van der Waals surface area contributed by atoms with Crippen LogP contribution in [0.25, 0.3) is 16.6 Å². The quantitative estimate of drug-likeness (QED) is 0.293. The first-order valence-corrected chi connectivity index (χ1v) is 13.6. The Morgan fingerprint density at radius 1 is 1.20 bits per heavy atom. The molecule has 9 nitrogen and oxygen atoms in total. The van der Waals surface area contributed by atoms with Crippen LogP contribution < -0.4 is 5.32 Å². The van der Waals surface area contributed by atoms with Crippen LogP contribution >= 0.6 is 11.6 Å². The summed E-state index contributed by atoms with van der Waals surface area (Å²) in [5, 5.41) is 12.9. The summed E-state index contributed by atoms with van der Waals surface area (Å²) in [4.78, 5) is 27.7. The maximum Gasteiger partial charge on any atom is 0.335 e. The number of ether oxygens (including phenoxy) is 1. The van der Waals surface area contributed by atoms with E-state index in [4.69, 9.17) is 21.3 Å². The highest BCUT2D eigenvalue weighted by atomic mass is 35.5. The van der Waals surface area contributed by atoms with Crippen molar-refractivity contribution in [3.8, 4) is 0 Å². The van der Waals surface area contributed by atoms with Crippen molar-refractivity contribution in [2.45, 2.75) is 38.6 Å². The molecule has 0 unspecified atom stereocenters. The average Bonchev–Trinajstić information content (AvgIpc) is 3.26. The van der Waals surface area contributed by atoms with Crippen LogP contribution in [0.3, 0.4) is 0 Å². The van der Waals surface area contributed by atoms with Gasteiger partial charge in [0.1, 0.15) is 11.6 Å². The second kappa shape index (κ2) is 11.3. The zero-order valence-corrected chi connectivity index (χ0v) is 22.4. The minimum Gasteiger partial charge on any atom is -0.478 e. The second-order valence-electron chi connectivity index (χ2n) is 10.00. The predicted molar refractivity (Wildman–Crippen MR) is 150 cm³/mol. The van der Waals surface area contributed by atoms with Gasteiger partial charge >= 0.3 is 5.97 Å². The highest BCUT2D eigenvalue weighted by Crippen LogP contribution is 2.26. The molecule has 6 rings (SSSR count). The van der Waals surface area contributed by atoms with Crippen molar-refractivity contribution in [3.05, 3.63) is 88.2 Å². The monoisotopic (exact) mass is 562 g/mol. The molecular formula is C29H28ClFN6O3. The number of nitrogens with one attached hydrogen (secondary N) is 1. The molecule has 0 radical (unpaired) electrons. The summed E-state index contributed by atoms with van der Waals surface area (Å²) in [7, 11) is 0. The Kier molecular flexibility index (Phi) is 7.46. The lowest BCUT2D eigenvalue weighted by molar-refractivity contribution is -0.0591. The zero-order valence-electron chi connectivity index (χ0n) is 21.7. The first-order valence-electron chi connectivity index (χ1n) is 13.2. The van der Waals surface area contributed by atoms with Gasteiger partial charge in [-0.3, -0.25) is 4.90 Å². The van der Waals surface area contributed by atoms with E-state index >= 15 is 0 Å². The number of fused-ring (bicyclic) bond motifs is 1. The number of benzene rings is 2. The standard InChI is InChI=1S/C29H28ClFN6O3/c30-21-3-1-20(23(31)14-21)15-33-29-32-9-5-24(35-29)18-6-10-36(11-7-18)17-27-34-25-4-2-19(28(38)39)13-26(25)37(27)16-22-8-12-40-22/h1-6,9,13-14,22H,7-8,10-12,15-17H2,(H,38,39)(H,32,33,35)/t22-/m0/s1. The fourth-order valence-corrected chi connectivity index (χ4v) is 5.17. The lowest BCUT2D eigenvalue weighted by atomic mass is 10.0. The number of nitrogens with zero attached hydrogens (tertiary/aromatic N) is 5. The zero-order chi connectivity index (χ0) is 27.6. The molecule has 2 N–H and O–H groups in total. The molecule has 2 aromatic carbocycles. The van der Waals surface area contributed by atoms with Crippen molar-refractivity contribution in [1.29, 1.82) is 0 Å². The molecular weight excluding hydrogens is 535 g/mol. The molecule has 2 aromatic heterocycles. The minimum absolute atomic E-state index is 0.120. The number of aromatic carboxylic acids is 1. The number of imidazole rings is 1. The summed E-state index contributed by atoms with van der Waals surface area (Å²) in [6.45, 7) is 3.84. The third-order valence-electron chi connectivity index (χ3n) is 7.35. The van der Waals surface area contributed by atoms with E-state index in [-0.39, 0.29) is 24.0 Å². The number of aromatic nitrogens is 4. The fraction of sp³-hybridized carbons (Fsp3) is 0.310. The van der Waals surface area contributed by atoms with Crippen LogP contribution in [0.2, 0.25) is 5.02 Å². The summed E-state index contributed by atoms with van der Waals surface area (Å²) < 4.78 is 21.9. The van der Waals surface area contributed by atoms with E-state index in [1.165, 1.54) is 6.07 Å². The molecule has 4 heterocycles. The summed E-state index contributed by atoms with van der Waals surface area (Å²) in [6, 6.07) is 11.5. The summed E-state index contributed by atoms with van der Waals surface area (Å²) in [6.07, 6.45) is 5.77. The first-order chi connectivity index (χ1) is 19.4. The van der Waals surface area contributed by atoms with Crippen LogP contribution in [-0.4, -0.2) is 61.3 Å². The summed E-state index contributed by atoms with van der Waals surface area (Å²) in [5.41, 5.74) is 4.30. The number of rotatable bonds is 9. The van der Waals surface area contributed by atoms with Crippen molar-refractivity contribution in [1.82, 2.24) is 24.4 Å². The van der Waals surface area contributed by atoms with Crippen LogP contribution in [0.5, 0.6) is 0 Å². The Labute approximate surface area is 235 Å². The number of hydrogen-bond donors (Lipinski definition) is 2. The van der Waals surface area contributed by atoms with E-state index in [9.17, 15) is 14.3 Å². The Bertz CT molecular complexity index is 1600. The van der Waals surface area contributed by atoms with E-state index in [1.807, 2.05) is 6.07 Å². The highest BCUT2D eigenvalue weighted by molar-refractivity contribution is 6.30. The number of anilines is 1. The molecule has 0 amide bonds. The van der Waals surface area contributed by atoms with E-state index in [0.717, 1.165) is 60.7 Å². The molecule has 0 aliphatic carbocycles. The lowest BCUT2D eigenvalue weighted by Gasteiger charge is -2.29. The van der Waals surface area contributed by atoms with E-state index in [1.54, 1.807) is 36.5 Å². The van der Waals surface area contributed by atoms with Gasteiger partial charge in [0.05, 0.1) is 41.5 Å². The van der Waals surface area contributed by atoms with Gasteiger partial charge in [-0.2, -0.15) is 0 Å². The fourth-order valence-electron chi connectivity index (χ4n) is 5.01. The Balaban J connectivity index is 1.15. The molecule has 40 heavy (non-hydrogen) atoms. The summed E-state index contributed by atoms with van der Waals surface area (Å²) >= 11 is 5.84. The van der Waals surface area contributed by atoms with Crippen LogP contribution in [0.4, 0.5) is 10.3 Å². The smallest absolute Gasteiger partial charge is 0.335 e. The van der Waals surface area contributed by atoms with Gasteiger partial charge in [-0.1, -0.05) is 23.7 Å². The second-order valence-corrected chi connectivity index (χ2v) is 10.4. The van der Waals surface area contributed by atoms with Crippen molar-refractivity contribution in [2.24, 2.45) is 0 Å². The minimum atomic E-state index is -0.954. The Morgan fingerprint density at radius 3 is 2.80 bits per heavy atom. The molecule has 1 atom stereocenters. The van der Waals surface area contributed by atoms with E-state index < -0.39 is 5.97 Å². The molecule has 1 saturated heterocycles. The van der Waals surface area contributed by atoms with Crippen LogP contribution in [0.15, 0.2) is 54.7 Å². The van der Waals surface area contributed by atoms with Gasteiger partial charge in [0, 0.05) is 43.0 Å². The largest absolute Gasteiger partial charge is 0.478 e. The third kappa shape index (κ3) is 5.70. The lowest BCUT2D eigenvalue weighted by Crippen LogP contribution is -2.33. The topological polar surface area (TPSA) is 105 Å². The average molecular weight is 563 g/mol. The SMILES string of the molecule is O=C(O)c1ccc2nc(CN3CC=C(c4ccnc(NCc5ccc(Cl)cc5F)n4)CC3)n(C[C@@H]3CCO3)c2c1. The van der Waals surface area contributed by atoms with Crippen molar-refractivity contribution >= 4 is 40.1 Å². The number of halogens is 2. The van der Waals surface area contributed by atoms with Gasteiger partial charge < -0.3 is 19.7 Å². The molecule has 206 valence electrons. The number of hydrogen-bond acceptors (Lipinski definition) is 7. The number of carboxylic acid groups (broad SMARTS) is 1. The molecule has 0 spiro atoms. The van der Waals surface area contributed by atoms with Crippen molar-refractivity contribution < 1.29 is 19.0 Å². The van der Waals surface area contributed by atoms with Gasteiger partial charge in [0.25, 0.3) is 0 Å². The molecule has 2 aliphatic rings. The molecule has 11 heteroatoms. The van der Waals surface area contributed by atoms with E-state index in [0.29, 0.717) is 29.6 Å². The van der Waals surface area contributed by atoms with Gasteiger partial charge in [-0.15, -0.1) is 0 Å².